The molecule has 0 radical (unpaired) electrons. The van der Waals surface area contributed by atoms with Crippen LogP contribution >= 0.6 is 0 Å². The third-order valence-corrected chi connectivity index (χ3v) is 6.43. The summed E-state index contributed by atoms with van der Waals surface area (Å²) >= 11 is 0. The molecule has 0 aliphatic carbocycles. The third-order valence-electron chi connectivity index (χ3n) is 4.69. The summed E-state index contributed by atoms with van der Waals surface area (Å²) in [5, 5.41) is 0. The number of anilines is 1. The van der Waals surface area contributed by atoms with Gasteiger partial charge < -0.3 is 0 Å². The molecule has 0 unspecified atom stereocenters. The van der Waals surface area contributed by atoms with Gasteiger partial charge in [-0.1, -0.05) is 6.92 Å². The molecule has 1 amide bonds. The number of nitrogens with zero attached hydrogens (tertiary/aromatic N) is 5. The number of alkyl halides is 3. The molecule has 0 N–H and O–H groups in total. The van der Waals surface area contributed by atoms with Gasteiger partial charge >= 0.3 is 6.18 Å². The number of pyridine rings is 2. The predicted molar refractivity (Wildman–Crippen MR) is 103 cm³/mol. The second kappa shape index (κ2) is 7.38. The lowest BCUT2D eigenvalue weighted by atomic mass is 10.1. The van der Waals surface area contributed by atoms with E-state index in [0.29, 0.717) is 6.07 Å². The lowest BCUT2D eigenvalue weighted by Crippen LogP contribution is -2.27. The van der Waals surface area contributed by atoms with Gasteiger partial charge in [0.25, 0.3) is 5.91 Å². The summed E-state index contributed by atoms with van der Waals surface area (Å²) in [4.78, 5) is 29.6. The molecule has 1 aliphatic rings. The average Bonchev–Trinajstić information content (AvgIpc) is 3.09. The standard InChI is InChI=1S/C19H14F3N5O3S/c1-2-31(29,30)14-5-4-13(16-23-6-3-7-24-16)26-17(14)27-10-11-9-25-15(19(20,21)22)8-12(11)18(27)28/h3-9H,2,10H2,1H3. The van der Waals surface area contributed by atoms with Crippen molar-refractivity contribution in [3.05, 3.63) is 59.7 Å². The summed E-state index contributed by atoms with van der Waals surface area (Å²) in [6.45, 7) is 1.27. The highest BCUT2D eigenvalue weighted by atomic mass is 32.2. The molecule has 1 aliphatic heterocycles. The molecular formula is C19H14F3N5O3S. The number of hydrogen-bond donors (Lipinski definition) is 0. The summed E-state index contributed by atoms with van der Waals surface area (Å²) in [7, 11) is -3.80. The van der Waals surface area contributed by atoms with Gasteiger partial charge in [-0.3, -0.25) is 14.7 Å². The monoisotopic (exact) mass is 449 g/mol. The number of fused-ring (bicyclic) bond motifs is 1. The minimum atomic E-state index is -4.72. The van der Waals surface area contributed by atoms with E-state index < -0.39 is 27.6 Å². The molecule has 0 bridgehead atoms. The Morgan fingerprint density at radius 2 is 1.84 bits per heavy atom. The molecule has 3 aromatic heterocycles. The Bertz CT molecular complexity index is 1280. The Morgan fingerprint density at radius 3 is 2.48 bits per heavy atom. The van der Waals surface area contributed by atoms with Gasteiger partial charge in [-0.15, -0.1) is 0 Å². The van der Waals surface area contributed by atoms with Gasteiger partial charge in [0.05, 0.1) is 12.3 Å². The molecule has 3 aromatic rings. The van der Waals surface area contributed by atoms with E-state index in [1.54, 1.807) is 6.07 Å². The second-order valence-corrected chi connectivity index (χ2v) is 8.86. The van der Waals surface area contributed by atoms with Crippen LogP contribution < -0.4 is 4.90 Å². The number of rotatable bonds is 4. The molecule has 4 heterocycles. The van der Waals surface area contributed by atoms with Crippen LogP contribution in [0.15, 0.2) is 47.8 Å². The van der Waals surface area contributed by atoms with Crippen molar-refractivity contribution in [1.29, 1.82) is 0 Å². The first kappa shape index (κ1) is 20.8. The van der Waals surface area contributed by atoms with Crippen LogP contribution in [0.3, 0.4) is 0 Å². The van der Waals surface area contributed by atoms with Crippen molar-refractivity contribution in [2.45, 2.75) is 24.5 Å². The van der Waals surface area contributed by atoms with E-state index in [2.05, 4.69) is 19.9 Å². The molecule has 0 saturated heterocycles. The van der Waals surface area contributed by atoms with Crippen molar-refractivity contribution >= 4 is 21.6 Å². The number of halogens is 3. The smallest absolute Gasteiger partial charge is 0.287 e. The number of carbonyl (C=O) groups excluding carboxylic acids is 1. The normalized spacial score (nSPS) is 14.1. The minimum absolute atomic E-state index is 0.169. The maximum absolute atomic E-state index is 13.0. The fourth-order valence-corrected chi connectivity index (χ4v) is 4.13. The lowest BCUT2D eigenvalue weighted by molar-refractivity contribution is -0.141. The van der Waals surface area contributed by atoms with Crippen LogP contribution in [-0.2, 0) is 22.6 Å². The van der Waals surface area contributed by atoms with E-state index in [0.717, 1.165) is 11.1 Å². The van der Waals surface area contributed by atoms with E-state index in [4.69, 9.17) is 0 Å². The molecule has 8 nitrogen and oxygen atoms in total. The van der Waals surface area contributed by atoms with Crippen LogP contribution in [0.4, 0.5) is 19.0 Å². The fourth-order valence-electron chi connectivity index (χ4n) is 3.11. The molecular weight excluding hydrogens is 435 g/mol. The van der Waals surface area contributed by atoms with Gasteiger partial charge in [0.1, 0.15) is 16.3 Å². The number of sulfone groups is 1. The topological polar surface area (TPSA) is 106 Å². The van der Waals surface area contributed by atoms with Crippen LogP contribution in [0.5, 0.6) is 0 Å². The van der Waals surface area contributed by atoms with Crippen molar-refractivity contribution in [1.82, 2.24) is 19.9 Å². The zero-order valence-corrected chi connectivity index (χ0v) is 16.8. The lowest BCUT2D eigenvalue weighted by Gasteiger charge is -2.19. The van der Waals surface area contributed by atoms with Crippen LogP contribution in [0.1, 0.15) is 28.5 Å². The number of amides is 1. The Morgan fingerprint density at radius 1 is 1.13 bits per heavy atom. The van der Waals surface area contributed by atoms with E-state index in [-0.39, 0.29) is 45.7 Å². The van der Waals surface area contributed by atoms with Crippen molar-refractivity contribution in [2.24, 2.45) is 0 Å². The zero-order chi connectivity index (χ0) is 22.4. The Labute approximate surface area is 174 Å². The molecule has 0 aromatic carbocycles. The largest absolute Gasteiger partial charge is 0.433 e. The van der Waals surface area contributed by atoms with Crippen LogP contribution in [0, 0.1) is 0 Å². The number of aromatic nitrogens is 4. The van der Waals surface area contributed by atoms with E-state index in [1.165, 1.54) is 31.5 Å². The SMILES string of the molecule is CCS(=O)(=O)c1ccc(-c2ncccn2)nc1N1Cc2cnc(C(F)(F)F)cc2C1=O. The van der Waals surface area contributed by atoms with Crippen LogP contribution in [-0.4, -0.2) is 40.0 Å². The van der Waals surface area contributed by atoms with E-state index in [9.17, 15) is 26.4 Å². The summed E-state index contributed by atoms with van der Waals surface area (Å²) in [5.74, 6) is -1.04. The van der Waals surface area contributed by atoms with Crippen molar-refractivity contribution in [3.8, 4) is 11.5 Å². The van der Waals surface area contributed by atoms with E-state index >= 15 is 0 Å². The molecule has 0 saturated carbocycles. The second-order valence-electron chi connectivity index (χ2n) is 6.61. The van der Waals surface area contributed by atoms with Gasteiger partial charge in [-0.05, 0) is 24.3 Å². The highest BCUT2D eigenvalue weighted by molar-refractivity contribution is 7.91. The third kappa shape index (κ3) is 3.74. The molecule has 0 atom stereocenters. The quantitative estimate of drug-likeness (QED) is 0.603. The average molecular weight is 449 g/mol. The first-order chi connectivity index (χ1) is 14.6. The summed E-state index contributed by atoms with van der Waals surface area (Å²) < 4.78 is 64.3. The van der Waals surface area contributed by atoms with Gasteiger partial charge in [-0.2, -0.15) is 13.2 Å². The fraction of sp³-hybridized carbons (Fsp3) is 0.211. The molecule has 0 spiro atoms. The molecule has 31 heavy (non-hydrogen) atoms. The maximum atomic E-state index is 13.0. The molecule has 0 fully saturated rings. The van der Waals surface area contributed by atoms with Crippen molar-refractivity contribution in [3.63, 3.8) is 0 Å². The summed E-state index contributed by atoms with van der Waals surface area (Å²) in [5.41, 5.74) is -0.961. The van der Waals surface area contributed by atoms with Crippen molar-refractivity contribution < 1.29 is 26.4 Å². The minimum Gasteiger partial charge on any atom is -0.287 e. The highest BCUT2D eigenvalue weighted by Crippen LogP contribution is 2.35. The van der Waals surface area contributed by atoms with Gasteiger partial charge in [0, 0.05) is 29.7 Å². The van der Waals surface area contributed by atoms with E-state index in [1.807, 2.05) is 0 Å². The Hall–Kier alpha value is -3.41. The van der Waals surface area contributed by atoms with Gasteiger partial charge in [0.2, 0.25) is 0 Å². The van der Waals surface area contributed by atoms with Crippen molar-refractivity contribution in [2.75, 3.05) is 10.7 Å². The predicted octanol–water partition coefficient (Wildman–Crippen LogP) is 2.91. The number of carbonyl (C=O) groups is 1. The van der Waals surface area contributed by atoms with Gasteiger partial charge in [0.15, 0.2) is 21.5 Å². The summed E-state index contributed by atoms with van der Waals surface area (Å²) in [6, 6.07) is 4.96. The zero-order valence-electron chi connectivity index (χ0n) is 16.0. The Kier molecular flexibility index (Phi) is 4.96. The summed E-state index contributed by atoms with van der Waals surface area (Å²) in [6.07, 6.45) is -0.806. The van der Waals surface area contributed by atoms with Gasteiger partial charge in [-0.25, -0.2) is 23.4 Å². The Balaban J connectivity index is 1.85. The first-order valence-corrected chi connectivity index (χ1v) is 10.7. The first-order valence-electron chi connectivity index (χ1n) is 9.01. The molecule has 160 valence electrons. The number of hydrogen-bond acceptors (Lipinski definition) is 7. The van der Waals surface area contributed by atoms with Crippen LogP contribution in [0.2, 0.25) is 0 Å². The maximum Gasteiger partial charge on any atom is 0.433 e. The van der Waals surface area contributed by atoms with Crippen LogP contribution in [0.25, 0.3) is 11.5 Å². The molecule has 12 heteroatoms. The molecule has 4 rings (SSSR count). The highest BCUT2D eigenvalue weighted by Gasteiger charge is 2.38.